The van der Waals surface area contributed by atoms with Gasteiger partial charge in [0.1, 0.15) is 6.26 Å². The molecule has 0 aliphatic rings. The highest BCUT2D eigenvalue weighted by molar-refractivity contribution is 7.09. The summed E-state index contributed by atoms with van der Waals surface area (Å²) in [6.45, 7) is 2.50. The number of carbonyl (C=O) groups excluding carboxylic acids is 1. The largest absolute Gasteiger partial charge is 0.461 e. The van der Waals surface area contributed by atoms with Crippen LogP contribution in [-0.2, 0) is 11.2 Å². The van der Waals surface area contributed by atoms with E-state index in [1.165, 1.54) is 11.1 Å². The monoisotopic (exact) mass is 267 g/mol. The highest BCUT2D eigenvalue weighted by atomic mass is 32.1. The molecule has 0 amide bonds. The maximum atomic E-state index is 11.3. The smallest absolute Gasteiger partial charge is 0.394 e. The Labute approximate surface area is 108 Å². The molecular weight excluding hydrogens is 254 g/mol. The van der Waals surface area contributed by atoms with Crippen molar-refractivity contribution < 1.29 is 18.7 Å². The quantitative estimate of drug-likeness (QED) is 0.753. The van der Waals surface area contributed by atoms with Crippen LogP contribution in [-0.4, -0.2) is 24.2 Å². The second kappa shape index (κ2) is 6.20. The Morgan fingerprint density at radius 2 is 2.44 bits per heavy atom. The second-order valence-electron chi connectivity index (χ2n) is 3.40. The number of nitrogens with zero attached hydrogens (tertiary/aromatic N) is 1. The molecule has 6 heteroatoms. The van der Waals surface area contributed by atoms with Crippen molar-refractivity contribution in [2.45, 2.75) is 13.3 Å². The van der Waals surface area contributed by atoms with E-state index in [1.807, 2.05) is 17.5 Å². The van der Waals surface area contributed by atoms with E-state index in [0.717, 1.165) is 6.42 Å². The van der Waals surface area contributed by atoms with Gasteiger partial charge in [-0.25, -0.2) is 4.79 Å². The van der Waals surface area contributed by atoms with Gasteiger partial charge in [0.15, 0.2) is 5.69 Å². The summed E-state index contributed by atoms with van der Waals surface area (Å²) < 4.78 is 15.1. The van der Waals surface area contributed by atoms with E-state index < -0.39 is 5.97 Å². The van der Waals surface area contributed by atoms with Crippen LogP contribution in [0.2, 0.25) is 0 Å². The number of oxazole rings is 1. The Bertz CT molecular complexity index is 492. The number of hydrogen-bond acceptors (Lipinski definition) is 6. The second-order valence-corrected chi connectivity index (χ2v) is 4.43. The molecule has 5 nitrogen and oxygen atoms in total. The van der Waals surface area contributed by atoms with Gasteiger partial charge in [-0.15, -0.1) is 11.3 Å². The zero-order valence-electron chi connectivity index (χ0n) is 9.92. The van der Waals surface area contributed by atoms with Crippen molar-refractivity contribution in [2.75, 3.05) is 13.2 Å². The normalized spacial score (nSPS) is 10.3. The van der Waals surface area contributed by atoms with Gasteiger partial charge in [0.25, 0.3) is 0 Å². The number of carbonyl (C=O) groups is 1. The van der Waals surface area contributed by atoms with Gasteiger partial charge in [-0.3, -0.25) is 0 Å². The number of ether oxygens (including phenoxy) is 2. The van der Waals surface area contributed by atoms with Crippen LogP contribution in [0.15, 0.2) is 28.2 Å². The predicted octanol–water partition coefficient (Wildman–Crippen LogP) is 2.53. The molecule has 2 aromatic rings. The van der Waals surface area contributed by atoms with Crippen LogP contribution in [0.1, 0.15) is 22.3 Å². The van der Waals surface area contributed by atoms with E-state index in [1.54, 1.807) is 18.3 Å². The minimum absolute atomic E-state index is 0.0922. The number of hydrogen-bond donors (Lipinski definition) is 0. The minimum Gasteiger partial charge on any atom is -0.461 e. The molecule has 0 saturated carbocycles. The first kappa shape index (κ1) is 12.6. The van der Waals surface area contributed by atoms with Crippen LogP contribution in [0.4, 0.5) is 0 Å². The molecule has 0 spiro atoms. The lowest BCUT2D eigenvalue weighted by molar-refractivity contribution is 0.0519. The van der Waals surface area contributed by atoms with Crippen LogP contribution >= 0.6 is 11.3 Å². The van der Waals surface area contributed by atoms with Crippen molar-refractivity contribution in [1.29, 1.82) is 0 Å². The molecule has 0 aromatic carbocycles. The lowest BCUT2D eigenvalue weighted by Crippen LogP contribution is -2.05. The molecule has 96 valence electrons. The molecule has 0 radical (unpaired) electrons. The summed E-state index contributed by atoms with van der Waals surface area (Å²) in [5.41, 5.74) is 0.128. The van der Waals surface area contributed by atoms with Crippen LogP contribution in [0.25, 0.3) is 0 Å². The zero-order chi connectivity index (χ0) is 12.8. The van der Waals surface area contributed by atoms with Gasteiger partial charge in [0.05, 0.1) is 13.2 Å². The first-order valence-electron chi connectivity index (χ1n) is 5.57. The highest BCUT2D eigenvalue weighted by Crippen LogP contribution is 2.13. The van der Waals surface area contributed by atoms with Crippen molar-refractivity contribution in [2.24, 2.45) is 0 Å². The highest BCUT2D eigenvalue weighted by Gasteiger charge is 2.13. The first-order valence-corrected chi connectivity index (χ1v) is 6.45. The van der Waals surface area contributed by atoms with E-state index >= 15 is 0 Å². The topological polar surface area (TPSA) is 61.6 Å². The summed E-state index contributed by atoms with van der Waals surface area (Å²) in [5.74, 6) is -0.505. The number of rotatable bonds is 6. The summed E-state index contributed by atoms with van der Waals surface area (Å²) in [7, 11) is 0. The molecule has 18 heavy (non-hydrogen) atoms. The maximum absolute atomic E-state index is 11.3. The van der Waals surface area contributed by atoms with Crippen LogP contribution in [0, 0.1) is 0 Å². The lowest BCUT2D eigenvalue weighted by Gasteiger charge is -1.98. The number of aromatic nitrogens is 1. The van der Waals surface area contributed by atoms with Crippen molar-refractivity contribution in [3.05, 3.63) is 34.3 Å². The van der Waals surface area contributed by atoms with E-state index in [9.17, 15) is 4.79 Å². The summed E-state index contributed by atoms with van der Waals surface area (Å²) in [6, 6.07) is 4.03. The molecule has 0 aliphatic carbocycles. The molecule has 2 heterocycles. The SMILES string of the molecule is CCOC(=O)c1coc(OCCc2cccs2)n1. The Morgan fingerprint density at radius 1 is 1.56 bits per heavy atom. The maximum Gasteiger partial charge on any atom is 0.394 e. The minimum atomic E-state index is -0.505. The summed E-state index contributed by atoms with van der Waals surface area (Å²) in [5, 5.41) is 2.01. The average Bonchev–Trinajstić information content (AvgIpc) is 3.00. The first-order chi connectivity index (χ1) is 8.79. The molecule has 0 aliphatic heterocycles. The molecule has 0 atom stereocenters. The summed E-state index contributed by atoms with van der Waals surface area (Å²) in [4.78, 5) is 16.4. The lowest BCUT2D eigenvalue weighted by atomic mass is 10.4. The fourth-order valence-electron chi connectivity index (χ4n) is 1.32. The van der Waals surface area contributed by atoms with Crippen molar-refractivity contribution >= 4 is 17.3 Å². The third-order valence-electron chi connectivity index (χ3n) is 2.12. The molecule has 0 N–H and O–H groups in total. The van der Waals surface area contributed by atoms with Gasteiger partial charge in [0, 0.05) is 11.3 Å². The Kier molecular flexibility index (Phi) is 4.35. The predicted molar refractivity (Wildman–Crippen MR) is 66.0 cm³/mol. The van der Waals surface area contributed by atoms with E-state index in [2.05, 4.69) is 4.98 Å². The number of thiophene rings is 1. The van der Waals surface area contributed by atoms with Gasteiger partial charge >= 0.3 is 12.0 Å². The molecule has 0 bridgehead atoms. The van der Waals surface area contributed by atoms with Crippen LogP contribution < -0.4 is 4.74 Å². The molecule has 2 rings (SSSR count). The van der Waals surface area contributed by atoms with E-state index in [4.69, 9.17) is 13.9 Å². The van der Waals surface area contributed by atoms with E-state index in [0.29, 0.717) is 13.2 Å². The standard InChI is InChI=1S/C12H13NO4S/c1-2-15-11(14)10-8-17-12(13-10)16-6-5-9-4-3-7-18-9/h3-4,7-8H,2,5-6H2,1H3. The van der Waals surface area contributed by atoms with Crippen molar-refractivity contribution in [3.63, 3.8) is 0 Å². The molecule has 0 saturated heterocycles. The summed E-state index contributed by atoms with van der Waals surface area (Å²) >= 11 is 1.67. The number of esters is 1. The van der Waals surface area contributed by atoms with Crippen LogP contribution in [0.3, 0.4) is 0 Å². The van der Waals surface area contributed by atoms with Gasteiger partial charge in [-0.1, -0.05) is 6.07 Å². The molecule has 0 fully saturated rings. The Morgan fingerprint density at radius 3 is 3.17 bits per heavy atom. The third-order valence-corrected chi connectivity index (χ3v) is 3.06. The van der Waals surface area contributed by atoms with Gasteiger partial charge in [0.2, 0.25) is 0 Å². The fourth-order valence-corrected chi connectivity index (χ4v) is 2.01. The van der Waals surface area contributed by atoms with Crippen molar-refractivity contribution in [1.82, 2.24) is 4.98 Å². The molecular formula is C12H13NO4S. The molecule has 2 aromatic heterocycles. The van der Waals surface area contributed by atoms with E-state index in [-0.39, 0.29) is 11.8 Å². The zero-order valence-corrected chi connectivity index (χ0v) is 10.7. The molecule has 0 unspecified atom stereocenters. The van der Waals surface area contributed by atoms with Gasteiger partial charge < -0.3 is 13.9 Å². The average molecular weight is 267 g/mol. The van der Waals surface area contributed by atoms with Gasteiger partial charge in [-0.05, 0) is 18.4 Å². The Hall–Kier alpha value is -1.82. The summed E-state index contributed by atoms with van der Waals surface area (Å²) in [6.07, 6.45) is 2.11. The van der Waals surface area contributed by atoms with Crippen LogP contribution in [0.5, 0.6) is 6.08 Å². The van der Waals surface area contributed by atoms with Crippen molar-refractivity contribution in [3.8, 4) is 6.08 Å². The van der Waals surface area contributed by atoms with Gasteiger partial charge in [-0.2, -0.15) is 4.98 Å². The fraction of sp³-hybridized carbons (Fsp3) is 0.333. The third kappa shape index (κ3) is 3.33. The Balaban J connectivity index is 1.81.